The minimum Gasteiger partial charge on any atom is -0.493 e. The second kappa shape index (κ2) is 9.40. The summed E-state index contributed by atoms with van der Waals surface area (Å²) in [6.07, 6.45) is 0.483. The van der Waals surface area contributed by atoms with Gasteiger partial charge in [-0.25, -0.2) is 17.5 Å². The number of carbonyl (C=O) groups is 1. The molecule has 0 spiro atoms. The summed E-state index contributed by atoms with van der Waals surface area (Å²) in [5.41, 5.74) is 1.06. The Morgan fingerprint density at radius 1 is 1.04 bits per heavy atom. The average molecular weight is 472 g/mol. The third-order valence-electron chi connectivity index (χ3n) is 4.21. The number of likely N-dealkylation sites (N-methyl/N-ethyl adjacent to an activating group) is 1. The standard InChI is InChI=1S/C19H22BrNO6S/c1-21(10-9-13-5-8-17(25-2)18(11-13)26-3)28(23,24)14-6-7-16(20)15(12-14)19(22)27-4/h5-8,11-12H,9-10H2,1-4H3. The molecule has 0 saturated carbocycles. The maximum atomic E-state index is 12.9. The summed E-state index contributed by atoms with van der Waals surface area (Å²) >= 11 is 3.23. The van der Waals surface area contributed by atoms with Crippen molar-refractivity contribution in [3.05, 3.63) is 52.0 Å². The molecule has 7 nitrogen and oxygen atoms in total. The molecule has 2 rings (SSSR count). The molecule has 28 heavy (non-hydrogen) atoms. The van der Waals surface area contributed by atoms with Gasteiger partial charge in [-0.1, -0.05) is 6.07 Å². The van der Waals surface area contributed by atoms with Gasteiger partial charge in [-0.05, 0) is 58.2 Å². The van der Waals surface area contributed by atoms with Crippen molar-refractivity contribution in [1.82, 2.24) is 4.31 Å². The van der Waals surface area contributed by atoms with E-state index >= 15 is 0 Å². The fourth-order valence-electron chi connectivity index (χ4n) is 2.55. The van der Waals surface area contributed by atoms with Gasteiger partial charge in [0.2, 0.25) is 10.0 Å². The summed E-state index contributed by atoms with van der Waals surface area (Å²) in [4.78, 5) is 11.8. The van der Waals surface area contributed by atoms with Gasteiger partial charge in [0.15, 0.2) is 11.5 Å². The fraction of sp³-hybridized carbons (Fsp3) is 0.316. The van der Waals surface area contributed by atoms with Gasteiger partial charge >= 0.3 is 5.97 Å². The third kappa shape index (κ3) is 4.84. The largest absolute Gasteiger partial charge is 0.493 e. The molecule has 0 N–H and O–H groups in total. The van der Waals surface area contributed by atoms with Crippen molar-refractivity contribution in [2.75, 3.05) is 34.9 Å². The number of halogens is 1. The molecule has 0 heterocycles. The Kier molecular flexibility index (Phi) is 7.45. The van der Waals surface area contributed by atoms with E-state index in [0.29, 0.717) is 22.4 Å². The van der Waals surface area contributed by atoms with E-state index in [0.717, 1.165) is 5.56 Å². The van der Waals surface area contributed by atoms with Crippen LogP contribution >= 0.6 is 15.9 Å². The van der Waals surface area contributed by atoms with Crippen LogP contribution in [0.5, 0.6) is 11.5 Å². The lowest BCUT2D eigenvalue weighted by Crippen LogP contribution is -2.29. The smallest absolute Gasteiger partial charge is 0.339 e. The summed E-state index contributed by atoms with van der Waals surface area (Å²) in [5.74, 6) is 0.579. The molecule has 9 heteroatoms. The van der Waals surface area contributed by atoms with Crippen molar-refractivity contribution in [2.24, 2.45) is 0 Å². The molecule has 0 atom stereocenters. The number of rotatable bonds is 8. The quantitative estimate of drug-likeness (QED) is 0.550. The summed E-state index contributed by atoms with van der Waals surface area (Å²) < 4.78 is 42.6. The number of sulfonamides is 1. The van der Waals surface area contributed by atoms with E-state index in [2.05, 4.69) is 15.9 Å². The number of ether oxygens (including phenoxy) is 3. The molecule has 0 aliphatic rings. The topological polar surface area (TPSA) is 82.1 Å². The molecule has 0 unspecified atom stereocenters. The van der Waals surface area contributed by atoms with Crippen LogP contribution in [-0.4, -0.2) is 53.6 Å². The van der Waals surface area contributed by atoms with Gasteiger partial charge < -0.3 is 14.2 Å². The van der Waals surface area contributed by atoms with E-state index in [1.165, 1.54) is 36.7 Å². The van der Waals surface area contributed by atoms with Crippen LogP contribution in [0.15, 0.2) is 45.8 Å². The van der Waals surface area contributed by atoms with Crippen LogP contribution in [0.1, 0.15) is 15.9 Å². The lowest BCUT2D eigenvalue weighted by atomic mass is 10.1. The molecule has 2 aromatic carbocycles. The zero-order valence-electron chi connectivity index (χ0n) is 16.1. The first-order valence-corrected chi connectivity index (χ1v) is 10.5. The van der Waals surface area contributed by atoms with Crippen LogP contribution < -0.4 is 9.47 Å². The minimum atomic E-state index is -3.77. The summed E-state index contributed by atoms with van der Waals surface area (Å²) in [7, 11) is 2.07. The Bertz CT molecular complexity index is 961. The van der Waals surface area contributed by atoms with Crippen molar-refractivity contribution < 1.29 is 27.4 Å². The van der Waals surface area contributed by atoms with Crippen molar-refractivity contribution in [1.29, 1.82) is 0 Å². The predicted molar refractivity (Wildman–Crippen MR) is 109 cm³/mol. The van der Waals surface area contributed by atoms with Gasteiger partial charge in [-0.3, -0.25) is 0 Å². The highest BCUT2D eigenvalue weighted by atomic mass is 79.9. The fourth-order valence-corrected chi connectivity index (χ4v) is 4.16. The van der Waals surface area contributed by atoms with Crippen molar-refractivity contribution >= 4 is 31.9 Å². The molecular formula is C19H22BrNO6S. The Labute approximate surface area is 173 Å². The second-order valence-electron chi connectivity index (χ2n) is 5.90. The molecule has 0 amide bonds. The SMILES string of the molecule is COC(=O)c1cc(S(=O)(=O)N(C)CCc2ccc(OC)c(OC)c2)ccc1Br. The number of carbonyl (C=O) groups excluding carboxylic acids is 1. The predicted octanol–water partition coefficient (Wildman–Crippen LogP) is 3.12. The molecule has 0 aromatic heterocycles. The first-order chi connectivity index (χ1) is 13.2. The maximum Gasteiger partial charge on any atom is 0.339 e. The van der Waals surface area contributed by atoms with Crippen LogP contribution in [0.2, 0.25) is 0 Å². The first-order valence-electron chi connectivity index (χ1n) is 8.29. The molecule has 0 fully saturated rings. The monoisotopic (exact) mass is 471 g/mol. The average Bonchev–Trinajstić information content (AvgIpc) is 2.71. The molecule has 0 aliphatic heterocycles. The van der Waals surface area contributed by atoms with Crippen LogP contribution in [0, 0.1) is 0 Å². The van der Waals surface area contributed by atoms with Gasteiger partial charge in [0, 0.05) is 18.1 Å². The third-order valence-corrected chi connectivity index (χ3v) is 6.76. The molecule has 2 aromatic rings. The Morgan fingerprint density at radius 2 is 1.71 bits per heavy atom. The van der Waals surface area contributed by atoms with Crippen LogP contribution in [0.25, 0.3) is 0 Å². The number of hydrogen-bond donors (Lipinski definition) is 0. The molecule has 0 radical (unpaired) electrons. The van der Waals surface area contributed by atoms with Crippen molar-refractivity contribution in [3.8, 4) is 11.5 Å². The van der Waals surface area contributed by atoms with E-state index in [1.807, 2.05) is 12.1 Å². The summed E-state index contributed by atoms with van der Waals surface area (Å²) in [5, 5.41) is 0. The van der Waals surface area contributed by atoms with E-state index in [4.69, 9.17) is 14.2 Å². The Balaban J connectivity index is 2.19. The lowest BCUT2D eigenvalue weighted by molar-refractivity contribution is 0.0599. The molecule has 0 saturated heterocycles. The van der Waals surface area contributed by atoms with Crippen LogP contribution in [0.4, 0.5) is 0 Å². The van der Waals surface area contributed by atoms with Gasteiger partial charge in [0.05, 0.1) is 31.8 Å². The van der Waals surface area contributed by atoms with E-state index in [-0.39, 0.29) is 17.0 Å². The summed E-state index contributed by atoms with van der Waals surface area (Å²) in [6, 6.07) is 9.71. The number of esters is 1. The maximum absolute atomic E-state index is 12.9. The Morgan fingerprint density at radius 3 is 2.32 bits per heavy atom. The van der Waals surface area contributed by atoms with E-state index < -0.39 is 16.0 Å². The van der Waals surface area contributed by atoms with E-state index in [9.17, 15) is 13.2 Å². The molecule has 0 aliphatic carbocycles. The Hall–Kier alpha value is -2.10. The highest BCUT2D eigenvalue weighted by molar-refractivity contribution is 9.10. The number of hydrogen-bond acceptors (Lipinski definition) is 6. The first kappa shape index (κ1) is 22.2. The van der Waals surface area contributed by atoms with Gasteiger partial charge in [0.25, 0.3) is 0 Å². The van der Waals surface area contributed by atoms with Crippen molar-refractivity contribution in [2.45, 2.75) is 11.3 Å². The second-order valence-corrected chi connectivity index (χ2v) is 8.80. The van der Waals surface area contributed by atoms with E-state index in [1.54, 1.807) is 20.3 Å². The molecule has 0 bridgehead atoms. The highest BCUT2D eigenvalue weighted by Gasteiger charge is 2.23. The lowest BCUT2D eigenvalue weighted by Gasteiger charge is -2.18. The van der Waals surface area contributed by atoms with Crippen molar-refractivity contribution in [3.63, 3.8) is 0 Å². The summed E-state index contributed by atoms with van der Waals surface area (Å²) in [6.45, 7) is 0.251. The van der Waals surface area contributed by atoms with Gasteiger partial charge in [0.1, 0.15) is 0 Å². The molecular weight excluding hydrogens is 450 g/mol. The van der Waals surface area contributed by atoms with Crippen LogP contribution in [0.3, 0.4) is 0 Å². The highest BCUT2D eigenvalue weighted by Crippen LogP contribution is 2.28. The zero-order chi connectivity index (χ0) is 20.9. The minimum absolute atomic E-state index is 0.0194. The number of methoxy groups -OCH3 is 3. The zero-order valence-corrected chi connectivity index (χ0v) is 18.5. The van der Waals surface area contributed by atoms with Crippen LogP contribution in [-0.2, 0) is 21.2 Å². The number of benzene rings is 2. The normalized spacial score (nSPS) is 11.4. The van der Waals surface area contributed by atoms with Gasteiger partial charge in [-0.2, -0.15) is 0 Å². The van der Waals surface area contributed by atoms with Gasteiger partial charge in [-0.15, -0.1) is 0 Å². The molecule has 152 valence electrons. The number of nitrogens with zero attached hydrogens (tertiary/aromatic N) is 1.